The first-order valence-electron chi connectivity index (χ1n) is 10.2. The van der Waals surface area contributed by atoms with Crippen molar-refractivity contribution in [3.8, 4) is 0 Å². The fourth-order valence-corrected chi connectivity index (χ4v) is 2.96. The average Bonchev–Trinajstić information content (AvgIpc) is 2.71. The van der Waals surface area contributed by atoms with Gasteiger partial charge in [0, 0.05) is 24.0 Å². The minimum atomic E-state index is 0.455. The molecule has 1 heterocycles. The summed E-state index contributed by atoms with van der Waals surface area (Å²) >= 11 is 0. The normalized spacial score (nSPS) is 21.5. The summed E-state index contributed by atoms with van der Waals surface area (Å²) in [5.74, 6) is 0. The molecule has 2 N–H and O–H groups in total. The molecule has 1 aliphatic heterocycles. The van der Waals surface area contributed by atoms with Gasteiger partial charge in [-0.15, -0.1) is 0 Å². The number of dihydropyridines is 1. The van der Waals surface area contributed by atoms with Crippen molar-refractivity contribution in [2.24, 2.45) is 4.99 Å². The lowest BCUT2D eigenvalue weighted by molar-refractivity contribution is 0.326. The Labute approximate surface area is 162 Å². The van der Waals surface area contributed by atoms with Gasteiger partial charge in [0.05, 0.1) is 6.04 Å². The van der Waals surface area contributed by atoms with Crippen molar-refractivity contribution in [1.82, 2.24) is 10.6 Å². The number of nitrogens with zero attached hydrogens (tertiary/aromatic N) is 1. The number of rotatable bonds is 5. The van der Waals surface area contributed by atoms with Crippen molar-refractivity contribution >= 4 is 5.71 Å². The van der Waals surface area contributed by atoms with E-state index < -0.39 is 0 Å². The Hall–Kier alpha value is -1.61. The first-order valence-corrected chi connectivity index (χ1v) is 10.2. The van der Waals surface area contributed by atoms with Gasteiger partial charge >= 0.3 is 0 Å². The summed E-state index contributed by atoms with van der Waals surface area (Å²) in [6.07, 6.45) is 19.0. The zero-order chi connectivity index (χ0) is 19.8. The Morgan fingerprint density at radius 2 is 1.85 bits per heavy atom. The largest absolute Gasteiger partial charge is 0.383 e. The number of aliphatic imine (C=N–C) groups is 1. The van der Waals surface area contributed by atoms with Gasteiger partial charge in [0.1, 0.15) is 0 Å². The van der Waals surface area contributed by atoms with E-state index in [2.05, 4.69) is 41.3 Å². The van der Waals surface area contributed by atoms with Crippen LogP contribution in [0.2, 0.25) is 0 Å². The van der Waals surface area contributed by atoms with Crippen LogP contribution in [0.1, 0.15) is 73.6 Å². The molecule has 0 aromatic heterocycles. The summed E-state index contributed by atoms with van der Waals surface area (Å²) in [6, 6.07) is 1.72. The Balaban J connectivity index is 0.000000492. The molecule has 0 aromatic rings. The van der Waals surface area contributed by atoms with E-state index in [1.54, 1.807) is 6.20 Å². The summed E-state index contributed by atoms with van der Waals surface area (Å²) in [6.45, 7) is 15.8. The van der Waals surface area contributed by atoms with Gasteiger partial charge < -0.3 is 10.6 Å². The zero-order valence-corrected chi connectivity index (χ0v) is 17.9. The van der Waals surface area contributed by atoms with Gasteiger partial charge in [-0.3, -0.25) is 4.99 Å². The maximum atomic E-state index is 4.01. The van der Waals surface area contributed by atoms with Crippen molar-refractivity contribution in [2.45, 2.75) is 91.8 Å². The molecular formula is C23H41N3. The lowest BCUT2D eigenvalue weighted by atomic mass is 9.94. The zero-order valence-electron chi connectivity index (χ0n) is 17.9. The Kier molecular flexibility index (Phi) is 14.7. The SMILES string of the molecule is C=CN=C(C)/C(C)=C\C.CC.CC(NC1CCCCC1)C1C=CC=CN1. The molecule has 1 saturated carbocycles. The van der Waals surface area contributed by atoms with Crippen LogP contribution in [0.5, 0.6) is 0 Å². The fraction of sp³-hybridized carbons (Fsp3) is 0.609. The summed E-state index contributed by atoms with van der Waals surface area (Å²) in [5.41, 5.74) is 2.24. The molecule has 0 aromatic carbocycles. The maximum absolute atomic E-state index is 4.01. The molecule has 0 amide bonds. The predicted octanol–water partition coefficient (Wildman–Crippen LogP) is 5.92. The fourth-order valence-electron chi connectivity index (χ4n) is 2.96. The molecule has 148 valence electrons. The number of allylic oxidation sites excluding steroid dienone is 4. The van der Waals surface area contributed by atoms with Gasteiger partial charge in [-0.05, 0) is 58.4 Å². The summed E-state index contributed by atoms with van der Waals surface area (Å²) in [5, 5.41) is 7.12. The minimum absolute atomic E-state index is 0.455. The highest BCUT2D eigenvalue weighted by atomic mass is 15.0. The highest BCUT2D eigenvalue weighted by Crippen LogP contribution is 2.18. The van der Waals surface area contributed by atoms with Crippen molar-refractivity contribution < 1.29 is 0 Å². The molecule has 2 unspecified atom stereocenters. The number of hydrogen-bond donors (Lipinski definition) is 2. The molecule has 26 heavy (non-hydrogen) atoms. The Morgan fingerprint density at radius 1 is 1.19 bits per heavy atom. The van der Waals surface area contributed by atoms with Gasteiger partial charge in [-0.1, -0.05) is 57.9 Å². The van der Waals surface area contributed by atoms with E-state index in [9.17, 15) is 0 Å². The molecular weight excluding hydrogens is 318 g/mol. The van der Waals surface area contributed by atoms with Crippen molar-refractivity contribution in [3.63, 3.8) is 0 Å². The molecule has 2 aliphatic rings. The maximum Gasteiger partial charge on any atom is 0.0592 e. The van der Waals surface area contributed by atoms with Gasteiger partial charge in [-0.25, -0.2) is 0 Å². The minimum Gasteiger partial charge on any atom is -0.383 e. The lowest BCUT2D eigenvalue weighted by Crippen LogP contribution is -2.48. The monoisotopic (exact) mass is 359 g/mol. The first-order chi connectivity index (χ1) is 12.6. The number of nitrogens with one attached hydrogen (secondary N) is 2. The van der Waals surface area contributed by atoms with Crippen LogP contribution in [0.25, 0.3) is 0 Å². The van der Waals surface area contributed by atoms with Crippen LogP contribution in [0.4, 0.5) is 0 Å². The van der Waals surface area contributed by atoms with Gasteiger partial charge in [0.2, 0.25) is 0 Å². The van der Waals surface area contributed by atoms with E-state index in [1.807, 2.05) is 53.0 Å². The van der Waals surface area contributed by atoms with Crippen LogP contribution in [-0.4, -0.2) is 23.8 Å². The standard InChI is InChI=1S/C13H22N2.C8H13N.C2H6/c1-11(13-9-5-6-10-14-13)15-12-7-3-2-4-8-12;1-5-7(3)8(4)9-6-2;1-2/h5-6,9-15H,2-4,7-8H2,1H3;5-6H,2H2,1,3-4H3;1-2H3/b;7-5-,9-8?;. The topological polar surface area (TPSA) is 36.4 Å². The van der Waals surface area contributed by atoms with E-state index in [1.165, 1.54) is 37.7 Å². The molecule has 0 bridgehead atoms. The molecule has 3 heteroatoms. The smallest absolute Gasteiger partial charge is 0.0592 e. The number of hydrogen-bond acceptors (Lipinski definition) is 3. The third-order valence-electron chi connectivity index (χ3n) is 4.75. The van der Waals surface area contributed by atoms with Crippen LogP contribution in [0.15, 0.2) is 53.8 Å². The first kappa shape index (κ1) is 24.4. The van der Waals surface area contributed by atoms with Crippen molar-refractivity contribution in [3.05, 3.63) is 48.9 Å². The molecule has 3 nitrogen and oxygen atoms in total. The van der Waals surface area contributed by atoms with Crippen molar-refractivity contribution in [1.29, 1.82) is 0 Å². The van der Waals surface area contributed by atoms with E-state index in [-0.39, 0.29) is 0 Å². The molecule has 2 atom stereocenters. The second kappa shape index (κ2) is 15.6. The van der Waals surface area contributed by atoms with Crippen LogP contribution < -0.4 is 10.6 Å². The molecule has 0 saturated heterocycles. The van der Waals surface area contributed by atoms with Crippen LogP contribution >= 0.6 is 0 Å². The van der Waals surface area contributed by atoms with Crippen molar-refractivity contribution in [2.75, 3.05) is 0 Å². The van der Waals surface area contributed by atoms with E-state index in [0.29, 0.717) is 12.1 Å². The van der Waals surface area contributed by atoms with E-state index >= 15 is 0 Å². The van der Waals surface area contributed by atoms with Gasteiger partial charge in [-0.2, -0.15) is 0 Å². The Bertz CT molecular complexity index is 480. The second-order valence-corrected chi connectivity index (χ2v) is 6.60. The van der Waals surface area contributed by atoms with Gasteiger partial charge in [0.25, 0.3) is 0 Å². The van der Waals surface area contributed by atoms with E-state index in [4.69, 9.17) is 0 Å². The van der Waals surface area contributed by atoms with E-state index in [0.717, 1.165) is 11.8 Å². The summed E-state index contributed by atoms with van der Waals surface area (Å²) < 4.78 is 0. The molecule has 1 aliphatic carbocycles. The molecule has 0 spiro atoms. The summed E-state index contributed by atoms with van der Waals surface area (Å²) in [7, 11) is 0. The van der Waals surface area contributed by atoms with Crippen LogP contribution in [0.3, 0.4) is 0 Å². The molecule has 2 rings (SSSR count). The lowest BCUT2D eigenvalue weighted by Gasteiger charge is -2.30. The summed E-state index contributed by atoms with van der Waals surface area (Å²) in [4.78, 5) is 4.01. The van der Waals surface area contributed by atoms with Crippen LogP contribution in [-0.2, 0) is 0 Å². The second-order valence-electron chi connectivity index (χ2n) is 6.60. The third kappa shape index (κ3) is 10.4. The molecule has 0 radical (unpaired) electrons. The predicted molar refractivity (Wildman–Crippen MR) is 119 cm³/mol. The average molecular weight is 360 g/mol. The highest BCUT2D eigenvalue weighted by molar-refractivity contribution is 5.97. The quantitative estimate of drug-likeness (QED) is 0.598. The molecule has 1 fully saturated rings. The van der Waals surface area contributed by atoms with Crippen LogP contribution in [0, 0.1) is 0 Å². The highest BCUT2D eigenvalue weighted by Gasteiger charge is 2.19. The Morgan fingerprint density at radius 3 is 2.35 bits per heavy atom. The van der Waals surface area contributed by atoms with Gasteiger partial charge in [0.15, 0.2) is 0 Å². The third-order valence-corrected chi connectivity index (χ3v) is 4.75.